The summed E-state index contributed by atoms with van der Waals surface area (Å²) in [5.41, 5.74) is -0.730. The third kappa shape index (κ3) is 3.62. The zero-order chi connectivity index (χ0) is 24.1. The average molecular weight is 473 g/mol. The van der Waals surface area contributed by atoms with Crippen LogP contribution in [0, 0.1) is 17.3 Å². The number of carbonyl (C=O) groups excluding carboxylic acids is 1. The van der Waals surface area contributed by atoms with Crippen LogP contribution in [0.25, 0.3) is 0 Å². The molecule has 4 fully saturated rings. The van der Waals surface area contributed by atoms with E-state index in [4.69, 9.17) is 14.2 Å². The summed E-state index contributed by atoms with van der Waals surface area (Å²) in [7, 11) is 3.42. The van der Waals surface area contributed by atoms with Crippen molar-refractivity contribution in [2.24, 2.45) is 17.3 Å². The van der Waals surface area contributed by atoms with E-state index in [1.54, 1.807) is 14.2 Å². The number of hydrogen-bond donors (Lipinski definition) is 1. The molecule has 1 aromatic carbocycles. The molecule has 6 atom stereocenters. The van der Waals surface area contributed by atoms with Crippen molar-refractivity contribution in [3.05, 3.63) is 24.3 Å². The number of methoxy groups -OCH3 is 2. The Hall–Kier alpha value is -1.83. The largest absolute Gasteiger partial charge is 0.495 e. The Morgan fingerprint density at radius 1 is 1.09 bits per heavy atom. The Bertz CT molecular complexity index is 918. The van der Waals surface area contributed by atoms with E-state index in [0.29, 0.717) is 13.0 Å². The summed E-state index contributed by atoms with van der Waals surface area (Å²) in [4.78, 5) is 17.8. The number of ether oxygens (including phenoxy) is 3. The molecule has 2 aliphatic heterocycles. The highest BCUT2D eigenvalue weighted by molar-refractivity contribution is 5.75. The van der Waals surface area contributed by atoms with Crippen molar-refractivity contribution in [2.45, 2.75) is 63.3 Å². The number of hydrogen-bond acceptors (Lipinski definition) is 7. The van der Waals surface area contributed by atoms with Crippen molar-refractivity contribution >= 4 is 11.7 Å². The molecule has 34 heavy (non-hydrogen) atoms. The zero-order valence-corrected chi connectivity index (χ0v) is 21.1. The van der Waals surface area contributed by atoms with E-state index in [9.17, 15) is 9.90 Å². The molecule has 1 aromatic rings. The number of fused-ring (bicyclic) bond motifs is 2. The molecule has 2 saturated carbocycles. The van der Waals surface area contributed by atoms with Crippen molar-refractivity contribution in [2.75, 3.05) is 51.8 Å². The van der Waals surface area contributed by atoms with Gasteiger partial charge in [-0.2, -0.15) is 0 Å². The molecule has 0 spiro atoms. The first-order valence-corrected chi connectivity index (χ1v) is 12.8. The number of rotatable bonds is 5. The first-order chi connectivity index (χ1) is 16.2. The molecular weight excluding hydrogens is 432 g/mol. The van der Waals surface area contributed by atoms with Gasteiger partial charge in [-0.15, -0.1) is 0 Å². The van der Waals surface area contributed by atoms with Gasteiger partial charge >= 0.3 is 5.97 Å². The summed E-state index contributed by atoms with van der Waals surface area (Å²) in [6.07, 6.45) is 3.99. The topological polar surface area (TPSA) is 71.5 Å². The van der Waals surface area contributed by atoms with Crippen molar-refractivity contribution in [1.82, 2.24) is 4.90 Å². The van der Waals surface area contributed by atoms with Gasteiger partial charge in [0.2, 0.25) is 0 Å². The summed E-state index contributed by atoms with van der Waals surface area (Å²) < 4.78 is 17.4. The fourth-order valence-corrected chi connectivity index (χ4v) is 7.43. The molecule has 0 radical (unpaired) electrons. The molecule has 0 aromatic heterocycles. The summed E-state index contributed by atoms with van der Waals surface area (Å²) in [5, 5.41) is 12.1. The maximum Gasteiger partial charge on any atom is 0.310 e. The number of para-hydroxylation sites is 2. The predicted octanol–water partition coefficient (Wildman–Crippen LogP) is 3.10. The predicted molar refractivity (Wildman–Crippen MR) is 130 cm³/mol. The van der Waals surface area contributed by atoms with Gasteiger partial charge in [-0.3, -0.25) is 9.69 Å². The van der Waals surface area contributed by atoms with Crippen molar-refractivity contribution in [1.29, 1.82) is 0 Å². The lowest BCUT2D eigenvalue weighted by Gasteiger charge is -2.62. The molecule has 2 aliphatic carbocycles. The van der Waals surface area contributed by atoms with Crippen LogP contribution in [0.2, 0.25) is 0 Å². The van der Waals surface area contributed by atoms with Gasteiger partial charge in [0.15, 0.2) is 0 Å². The Morgan fingerprint density at radius 2 is 1.82 bits per heavy atom. The highest BCUT2D eigenvalue weighted by atomic mass is 16.6. The molecule has 7 nitrogen and oxygen atoms in total. The molecule has 2 heterocycles. The maximum absolute atomic E-state index is 13.0. The fourth-order valence-electron chi connectivity index (χ4n) is 7.43. The second-order valence-corrected chi connectivity index (χ2v) is 11.3. The molecule has 4 aliphatic rings. The van der Waals surface area contributed by atoms with Crippen molar-refractivity contribution in [3.8, 4) is 5.75 Å². The second kappa shape index (κ2) is 8.68. The third-order valence-corrected chi connectivity index (χ3v) is 9.71. The molecule has 0 unspecified atom stereocenters. The molecule has 2 saturated heterocycles. The van der Waals surface area contributed by atoms with Crippen LogP contribution in [-0.2, 0) is 14.3 Å². The third-order valence-electron chi connectivity index (χ3n) is 9.71. The van der Waals surface area contributed by atoms with Crippen LogP contribution >= 0.6 is 0 Å². The van der Waals surface area contributed by atoms with Gasteiger partial charge in [-0.1, -0.05) is 19.1 Å². The average Bonchev–Trinajstić information content (AvgIpc) is 3.12. The van der Waals surface area contributed by atoms with Crippen molar-refractivity contribution in [3.63, 3.8) is 0 Å². The summed E-state index contributed by atoms with van der Waals surface area (Å²) >= 11 is 0. The first kappa shape index (κ1) is 23.9. The number of piperazine rings is 1. The van der Waals surface area contributed by atoms with Gasteiger partial charge in [0.25, 0.3) is 0 Å². The minimum Gasteiger partial charge on any atom is -0.495 e. The van der Waals surface area contributed by atoms with E-state index in [1.165, 1.54) is 0 Å². The van der Waals surface area contributed by atoms with Crippen LogP contribution in [0.3, 0.4) is 0 Å². The minimum atomic E-state index is -0.955. The molecule has 7 heteroatoms. The molecule has 0 amide bonds. The van der Waals surface area contributed by atoms with Crippen LogP contribution in [0.1, 0.15) is 46.0 Å². The van der Waals surface area contributed by atoms with E-state index in [-0.39, 0.29) is 29.3 Å². The lowest BCUT2D eigenvalue weighted by molar-refractivity contribution is -0.270. The fraction of sp³-hybridized carbons (Fsp3) is 0.741. The molecule has 188 valence electrons. The first-order valence-electron chi connectivity index (χ1n) is 12.8. The number of benzene rings is 1. The number of carbonyl (C=O) groups is 1. The van der Waals surface area contributed by atoms with Crippen LogP contribution in [0.5, 0.6) is 5.75 Å². The van der Waals surface area contributed by atoms with Gasteiger partial charge < -0.3 is 24.2 Å². The number of esters is 1. The maximum atomic E-state index is 13.0. The van der Waals surface area contributed by atoms with E-state index in [0.717, 1.165) is 63.3 Å². The molecule has 5 rings (SSSR count). The number of nitrogens with zero attached hydrogens (tertiary/aromatic N) is 2. The van der Waals surface area contributed by atoms with Gasteiger partial charge in [-0.05, 0) is 51.2 Å². The second-order valence-electron chi connectivity index (χ2n) is 11.3. The smallest absolute Gasteiger partial charge is 0.310 e. The highest BCUT2D eigenvalue weighted by Gasteiger charge is 2.67. The normalized spacial score (nSPS) is 40.4. The van der Waals surface area contributed by atoms with Gasteiger partial charge in [0.1, 0.15) is 11.9 Å². The minimum absolute atomic E-state index is 0.0328. The molecule has 0 bridgehead atoms. The Balaban J connectivity index is 1.28. The van der Waals surface area contributed by atoms with Crippen LogP contribution in [0.15, 0.2) is 24.3 Å². The molecule has 1 N–H and O–H groups in total. The zero-order valence-electron chi connectivity index (χ0n) is 21.1. The molecular formula is C27H40N2O5. The number of aliphatic hydroxyl groups is 1. The monoisotopic (exact) mass is 472 g/mol. The lowest BCUT2D eigenvalue weighted by atomic mass is 9.49. The van der Waals surface area contributed by atoms with E-state index in [2.05, 4.69) is 29.7 Å². The van der Waals surface area contributed by atoms with E-state index in [1.807, 2.05) is 18.2 Å². The van der Waals surface area contributed by atoms with Gasteiger partial charge in [0, 0.05) is 51.2 Å². The van der Waals surface area contributed by atoms with Crippen molar-refractivity contribution < 1.29 is 24.1 Å². The van der Waals surface area contributed by atoms with Gasteiger partial charge in [-0.25, -0.2) is 0 Å². The van der Waals surface area contributed by atoms with Crippen LogP contribution in [-0.4, -0.2) is 80.2 Å². The van der Waals surface area contributed by atoms with Crippen LogP contribution in [0.4, 0.5) is 5.69 Å². The quantitative estimate of drug-likeness (QED) is 0.661. The Labute approximate surface area is 203 Å². The van der Waals surface area contributed by atoms with Crippen LogP contribution < -0.4 is 9.64 Å². The van der Waals surface area contributed by atoms with E-state index < -0.39 is 11.2 Å². The van der Waals surface area contributed by atoms with E-state index >= 15 is 0 Å². The summed E-state index contributed by atoms with van der Waals surface area (Å²) in [5.74, 6) is 0.641. The summed E-state index contributed by atoms with van der Waals surface area (Å²) in [6, 6.07) is 8.13. The van der Waals surface area contributed by atoms with Gasteiger partial charge in [0.05, 0.1) is 29.9 Å². The number of anilines is 1. The lowest BCUT2D eigenvalue weighted by Crippen LogP contribution is -2.69. The standard InChI is InChI=1S/C27H40N2O5/c1-25-10-7-11-26(2,33-4)27(25,31)16-19-20(24(30)34-23(19)17-25)18-28-12-14-29(15-13-28)21-8-5-6-9-22(21)32-3/h5-6,8-9,19-20,23,31H,7,10-18H2,1-4H3/t19-,20+,23-,25-,26-,27+/m1/s1. The Morgan fingerprint density at radius 3 is 2.53 bits per heavy atom. The highest BCUT2D eigenvalue weighted by Crippen LogP contribution is 2.61. The summed E-state index contributed by atoms with van der Waals surface area (Å²) in [6.45, 7) is 8.45. The SMILES string of the molecule is COc1ccccc1N1CCN(C[C@@H]2C(=O)O[C@@H]3C[C@@]4(C)CCC[C@@](C)(OC)[C@]4(O)C[C@H]23)CC1. The Kier molecular flexibility index (Phi) is 6.10.